The molecule has 10 heteroatoms. The molecule has 3 aromatic heterocycles. The molecule has 1 amide bonds. The summed E-state index contributed by atoms with van der Waals surface area (Å²) in [7, 11) is 1.59. The summed E-state index contributed by atoms with van der Waals surface area (Å²) >= 11 is 1.59. The highest BCUT2D eigenvalue weighted by atomic mass is 32.1. The first-order valence-corrected chi connectivity index (χ1v) is 14.6. The summed E-state index contributed by atoms with van der Waals surface area (Å²) < 4.78 is 11.8. The highest BCUT2D eigenvalue weighted by molar-refractivity contribution is 7.20. The van der Waals surface area contributed by atoms with E-state index in [9.17, 15) is 9.90 Å². The van der Waals surface area contributed by atoms with Crippen molar-refractivity contribution in [2.45, 2.75) is 49.7 Å². The third-order valence-electron chi connectivity index (χ3n) is 8.70. The van der Waals surface area contributed by atoms with Crippen molar-refractivity contribution in [1.82, 2.24) is 20.3 Å². The van der Waals surface area contributed by atoms with Gasteiger partial charge in [-0.25, -0.2) is 15.0 Å². The van der Waals surface area contributed by atoms with Gasteiger partial charge >= 0.3 is 0 Å². The van der Waals surface area contributed by atoms with Crippen molar-refractivity contribution in [1.29, 1.82) is 0 Å². The number of ether oxygens (including phenoxy) is 2. The molecule has 1 saturated heterocycles. The number of nitrogens with one attached hydrogen (secondary N) is 1. The maximum Gasteiger partial charge on any atom is 0.244 e. The number of amides is 1. The smallest absolute Gasteiger partial charge is 0.244 e. The van der Waals surface area contributed by atoms with Gasteiger partial charge in [-0.15, -0.1) is 11.3 Å². The summed E-state index contributed by atoms with van der Waals surface area (Å²) in [5.74, 6) is 2.97. The first-order valence-electron chi connectivity index (χ1n) is 13.8. The molecular formula is C29H33N5O4S. The van der Waals surface area contributed by atoms with Gasteiger partial charge < -0.3 is 24.8 Å². The zero-order chi connectivity index (χ0) is 26.6. The van der Waals surface area contributed by atoms with Gasteiger partial charge in [-0.2, -0.15) is 0 Å². The van der Waals surface area contributed by atoms with Crippen LogP contribution >= 0.6 is 11.3 Å². The number of pyridine rings is 1. The SMILES string of the molecule is COc1ccc(-c2nc(N3CCOCC3)c3sc(/C=C/C(=O)NC45CC6CC(CC(O)(C6)C4)C5)cc3n2)cn1. The van der Waals surface area contributed by atoms with Crippen LogP contribution in [0, 0.1) is 11.8 Å². The molecule has 0 aromatic carbocycles. The van der Waals surface area contributed by atoms with Crippen LogP contribution in [0.2, 0.25) is 0 Å². The maximum absolute atomic E-state index is 13.1. The molecule has 1 aliphatic heterocycles. The quantitative estimate of drug-likeness (QED) is 0.449. The molecule has 8 rings (SSSR count). The van der Waals surface area contributed by atoms with Gasteiger partial charge in [0.1, 0.15) is 0 Å². The van der Waals surface area contributed by atoms with Crippen molar-refractivity contribution in [3.63, 3.8) is 0 Å². The molecule has 39 heavy (non-hydrogen) atoms. The third-order valence-corrected chi connectivity index (χ3v) is 9.79. The van der Waals surface area contributed by atoms with Gasteiger partial charge in [0, 0.05) is 47.4 Å². The summed E-state index contributed by atoms with van der Waals surface area (Å²) in [6, 6.07) is 5.73. The van der Waals surface area contributed by atoms with Crippen LogP contribution in [0.4, 0.5) is 5.82 Å². The van der Waals surface area contributed by atoms with E-state index in [-0.39, 0.29) is 11.4 Å². The van der Waals surface area contributed by atoms with Crippen molar-refractivity contribution < 1.29 is 19.4 Å². The Balaban J connectivity index is 1.16. The standard InChI is InChI=1S/C29H33N5O4S/c1-37-24-5-2-20(16-30-24)26-31-22-11-21(39-25(22)27(32-26)34-6-8-38-9-7-34)3-4-23(35)33-28-12-18-10-19(13-28)15-29(36,14-18)17-28/h2-5,11,16,18-19,36H,6-10,12-15,17H2,1H3,(H,33,35)/b4-3+. The van der Waals surface area contributed by atoms with Crippen molar-refractivity contribution in [2.75, 3.05) is 38.3 Å². The molecule has 2 atom stereocenters. The monoisotopic (exact) mass is 547 g/mol. The lowest BCUT2D eigenvalue weighted by atomic mass is 9.51. The maximum atomic E-state index is 13.1. The number of hydrogen-bond acceptors (Lipinski definition) is 9. The molecule has 4 saturated carbocycles. The second-order valence-corrected chi connectivity index (χ2v) is 12.8. The van der Waals surface area contributed by atoms with Crippen LogP contribution in [0.15, 0.2) is 30.5 Å². The van der Waals surface area contributed by atoms with E-state index >= 15 is 0 Å². The lowest BCUT2D eigenvalue weighted by molar-refractivity contribution is -0.148. The summed E-state index contributed by atoms with van der Waals surface area (Å²) in [4.78, 5) is 30.4. The first kappa shape index (κ1) is 24.9. The highest BCUT2D eigenvalue weighted by Crippen LogP contribution is 2.57. The Hall–Kier alpha value is -3.08. The van der Waals surface area contributed by atoms with Crippen molar-refractivity contribution in [2.24, 2.45) is 11.8 Å². The molecule has 4 heterocycles. The Morgan fingerprint density at radius 2 is 2.00 bits per heavy atom. The van der Waals surface area contributed by atoms with Gasteiger partial charge in [0.2, 0.25) is 11.8 Å². The fraction of sp³-hybridized carbons (Fsp3) is 0.517. The summed E-state index contributed by atoms with van der Waals surface area (Å²) in [5.41, 5.74) is 0.785. The molecule has 0 spiro atoms. The Bertz CT molecular complexity index is 1420. The molecular weight excluding hydrogens is 514 g/mol. The largest absolute Gasteiger partial charge is 0.481 e. The van der Waals surface area contributed by atoms with Crippen LogP contribution in [0.3, 0.4) is 0 Å². The average molecular weight is 548 g/mol. The van der Waals surface area contributed by atoms with Gasteiger partial charge in [-0.05, 0) is 68.6 Å². The Morgan fingerprint density at radius 3 is 2.69 bits per heavy atom. The molecule has 9 nitrogen and oxygen atoms in total. The minimum absolute atomic E-state index is 0.0949. The molecule has 204 valence electrons. The first-order chi connectivity index (χ1) is 18.9. The average Bonchev–Trinajstić information content (AvgIpc) is 3.33. The van der Waals surface area contributed by atoms with Crippen molar-refractivity contribution in [3.8, 4) is 17.3 Å². The van der Waals surface area contributed by atoms with Crippen LogP contribution in [-0.4, -0.2) is 70.5 Å². The van der Waals surface area contributed by atoms with Crippen molar-refractivity contribution >= 4 is 39.4 Å². The van der Waals surface area contributed by atoms with E-state index in [1.54, 1.807) is 36.8 Å². The summed E-state index contributed by atoms with van der Waals surface area (Å²) in [5, 5.41) is 14.3. The van der Waals surface area contributed by atoms with Gasteiger partial charge in [-0.3, -0.25) is 4.79 Å². The van der Waals surface area contributed by atoms with E-state index in [2.05, 4.69) is 15.2 Å². The molecule has 2 N–H and O–H groups in total. The molecule has 5 aliphatic rings. The number of thiophene rings is 1. The number of anilines is 1. The van der Waals surface area contributed by atoms with E-state index in [1.807, 2.05) is 18.2 Å². The van der Waals surface area contributed by atoms with Gasteiger partial charge in [0.05, 0.1) is 36.1 Å². The van der Waals surface area contributed by atoms with E-state index in [4.69, 9.17) is 19.4 Å². The number of morpholine rings is 1. The normalized spacial score (nSPS) is 29.8. The fourth-order valence-electron chi connectivity index (χ4n) is 7.59. The van der Waals surface area contributed by atoms with Crippen LogP contribution < -0.4 is 15.0 Å². The third kappa shape index (κ3) is 4.79. The minimum Gasteiger partial charge on any atom is -0.481 e. The number of fused-ring (bicyclic) bond motifs is 1. The number of aromatic nitrogens is 3. The van der Waals surface area contributed by atoms with Gasteiger partial charge in [0.25, 0.3) is 0 Å². The topological polar surface area (TPSA) is 110 Å². The Morgan fingerprint density at radius 1 is 1.21 bits per heavy atom. The number of rotatable bonds is 6. The lowest BCUT2D eigenvalue weighted by Gasteiger charge is -2.60. The van der Waals surface area contributed by atoms with Gasteiger partial charge in [-0.1, -0.05) is 0 Å². The van der Waals surface area contributed by atoms with E-state index in [1.165, 1.54) is 6.42 Å². The van der Waals surface area contributed by atoms with Gasteiger partial charge in [0.15, 0.2) is 11.6 Å². The molecule has 2 unspecified atom stereocenters. The molecule has 4 bridgehead atoms. The second kappa shape index (κ2) is 9.53. The number of carbonyl (C=O) groups excluding carboxylic acids is 1. The Labute approximate surface area is 231 Å². The van der Waals surface area contributed by atoms with E-state index < -0.39 is 5.60 Å². The number of aliphatic hydroxyl groups is 1. The molecule has 0 radical (unpaired) electrons. The van der Waals surface area contributed by atoms with E-state index in [0.29, 0.717) is 43.2 Å². The summed E-state index contributed by atoms with van der Waals surface area (Å²) in [6.45, 7) is 2.83. The zero-order valence-electron chi connectivity index (χ0n) is 22.1. The molecule has 4 aliphatic carbocycles. The van der Waals surface area contributed by atoms with E-state index in [0.717, 1.165) is 65.2 Å². The summed E-state index contributed by atoms with van der Waals surface area (Å²) in [6.07, 6.45) is 10.8. The second-order valence-electron chi connectivity index (χ2n) is 11.7. The number of methoxy groups -OCH3 is 1. The van der Waals surface area contributed by atoms with Crippen LogP contribution in [0.5, 0.6) is 5.88 Å². The number of nitrogens with zero attached hydrogens (tertiary/aromatic N) is 4. The van der Waals surface area contributed by atoms with Crippen LogP contribution in [-0.2, 0) is 9.53 Å². The van der Waals surface area contributed by atoms with Crippen LogP contribution in [0.1, 0.15) is 43.4 Å². The fourth-order valence-corrected chi connectivity index (χ4v) is 8.61. The predicted molar refractivity (Wildman–Crippen MR) is 150 cm³/mol. The minimum atomic E-state index is -0.599. The number of carbonyl (C=O) groups is 1. The molecule has 5 fully saturated rings. The predicted octanol–water partition coefficient (Wildman–Crippen LogP) is 3.81. The van der Waals surface area contributed by atoms with Crippen molar-refractivity contribution in [3.05, 3.63) is 35.3 Å². The van der Waals surface area contributed by atoms with Crippen LogP contribution in [0.25, 0.3) is 27.7 Å². The highest BCUT2D eigenvalue weighted by Gasteiger charge is 2.57. The zero-order valence-corrected chi connectivity index (χ0v) is 22.9. The lowest BCUT2D eigenvalue weighted by Crippen LogP contribution is -2.65. The molecule has 3 aromatic rings. The Kier molecular flexibility index (Phi) is 6.09. The number of hydrogen-bond donors (Lipinski definition) is 2.